The van der Waals surface area contributed by atoms with E-state index in [9.17, 15) is 14.4 Å². The summed E-state index contributed by atoms with van der Waals surface area (Å²) in [5, 5.41) is 0. The highest BCUT2D eigenvalue weighted by molar-refractivity contribution is 5.82. The molecule has 37 heavy (non-hydrogen) atoms. The average Bonchev–Trinajstić information content (AvgIpc) is 3.40. The average molecular weight is 518 g/mol. The van der Waals surface area contributed by atoms with Crippen molar-refractivity contribution in [2.75, 3.05) is 39.8 Å². The van der Waals surface area contributed by atoms with Gasteiger partial charge in [-0.2, -0.15) is 0 Å². The molecule has 0 spiro atoms. The highest BCUT2D eigenvalue weighted by Crippen LogP contribution is 2.43. The lowest BCUT2D eigenvalue weighted by atomic mass is 9.67. The van der Waals surface area contributed by atoms with Gasteiger partial charge in [0, 0.05) is 52.1 Å². The molecule has 4 rings (SSSR count). The first kappa shape index (κ1) is 28.4. The second kappa shape index (κ2) is 12.9. The molecule has 2 saturated carbocycles. The molecule has 2 saturated heterocycles. The van der Waals surface area contributed by atoms with E-state index in [1.807, 2.05) is 30.7 Å². The topological polar surface area (TPSA) is 70.2 Å². The minimum atomic E-state index is -0.0568. The maximum absolute atomic E-state index is 13.5. The maximum Gasteiger partial charge on any atom is 0.227 e. The molecule has 7 nitrogen and oxygen atoms in total. The molecule has 6 atom stereocenters. The highest BCUT2D eigenvalue weighted by atomic mass is 16.5. The van der Waals surface area contributed by atoms with Crippen LogP contribution in [0.25, 0.3) is 0 Å². The largest absolute Gasteiger partial charge is 0.376 e. The zero-order valence-corrected chi connectivity index (χ0v) is 23.8. The minimum absolute atomic E-state index is 0.0140. The lowest BCUT2D eigenvalue weighted by molar-refractivity contribution is -0.143. The van der Waals surface area contributed by atoms with Gasteiger partial charge in [0.15, 0.2) is 0 Å². The Morgan fingerprint density at radius 2 is 1.68 bits per heavy atom. The van der Waals surface area contributed by atoms with E-state index in [4.69, 9.17) is 4.74 Å². The van der Waals surface area contributed by atoms with Crippen molar-refractivity contribution in [1.82, 2.24) is 14.7 Å². The van der Waals surface area contributed by atoms with Crippen LogP contribution < -0.4 is 0 Å². The molecule has 0 aromatic heterocycles. The molecule has 4 aliphatic rings. The Bertz CT molecular complexity index is 802. The predicted octanol–water partition coefficient (Wildman–Crippen LogP) is 4.34. The Hall–Kier alpha value is -1.63. The standard InChI is InChI=1S/C30H51N3O4/c1-21(2)29(35)33-15-8-11-24(18-33)30(36)31(4)26-12-7-10-23(17-26)28-13-6-5-9-25(28)20-37-27-14-16-32(19-27)22(3)34/h21,23-28H,5-20H2,1-4H3. The Balaban J connectivity index is 1.31. The van der Waals surface area contributed by atoms with Gasteiger partial charge in [0.05, 0.1) is 18.6 Å². The van der Waals surface area contributed by atoms with Crippen LogP contribution in [0.5, 0.6) is 0 Å². The van der Waals surface area contributed by atoms with Crippen molar-refractivity contribution in [3.05, 3.63) is 0 Å². The number of rotatable bonds is 7. The van der Waals surface area contributed by atoms with Crippen molar-refractivity contribution < 1.29 is 19.1 Å². The van der Waals surface area contributed by atoms with E-state index >= 15 is 0 Å². The molecule has 2 aliphatic carbocycles. The lowest BCUT2D eigenvalue weighted by Gasteiger charge is -2.44. The monoisotopic (exact) mass is 517 g/mol. The molecule has 3 amide bonds. The third-order valence-corrected chi connectivity index (χ3v) is 9.87. The van der Waals surface area contributed by atoms with Crippen molar-refractivity contribution in [2.24, 2.45) is 29.6 Å². The van der Waals surface area contributed by atoms with Crippen molar-refractivity contribution in [3.8, 4) is 0 Å². The van der Waals surface area contributed by atoms with E-state index in [0.717, 1.165) is 58.3 Å². The summed E-state index contributed by atoms with van der Waals surface area (Å²) >= 11 is 0. The summed E-state index contributed by atoms with van der Waals surface area (Å²) in [5.74, 6) is 2.44. The molecule has 0 N–H and O–H groups in total. The van der Waals surface area contributed by atoms with Crippen LogP contribution in [0.15, 0.2) is 0 Å². The van der Waals surface area contributed by atoms with Crippen molar-refractivity contribution in [2.45, 2.75) is 104 Å². The third-order valence-electron chi connectivity index (χ3n) is 9.87. The quantitative estimate of drug-likeness (QED) is 0.504. The van der Waals surface area contributed by atoms with E-state index in [2.05, 4.69) is 4.90 Å². The molecular weight excluding hydrogens is 466 g/mol. The third kappa shape index (κ3) is 7.07. The van der Waals surface area contributed by atoms with E-state index in [-0.39, 0.29) is 35.7 Å². The lowest BCUT2D eigenvalue weighted by Crippen LogP contribution is -2.50. The number of ether oxygens (including phenoxy) is 1. The van der Waals surface area contributed by atoms with Gasteiger partial charge in [-0.25, -0.2) is 0 Å². The molecule has 0 aromatic rings. The Morgan fingerprint density at radius 3 is 2.41 bits per heavy atom. The Morgan fingerprint density at radius 1 is 0.892 bits per heavy atom. The summed E-state index contributed by atoms with van der Waals surface area (Å²) < 4.78 is 6.39. The minimum Gasteiger partial charge on any atom is -0.376 e. The molecule has 210 valence electrons. The number of piperidine rings is 1. The van der Waals surface area contributed by atoms with Crippen molar-refractivity contribution >= 4 is 17.7 Å². The number of carbonyl (C=O) groups excluding carboxylic acids is 3. The second-order valence-corrected chi connectivity index (χ2v) is 12.7. The van der Waals surface area contributed by atoms with Crippen LogP contribution >= 0.6 is 0 Å². The van der Waals surface area contributed by atoms with Gasteiger partial charge in [0.2, 0.25) is 17.7 Å². The predicted molar refractivity (Wildman–Crippen MR) is 145 cm³/mol. The number of nitrogens with zero attached hydrogens (tertiary/aromatic N) is 3. The van der Waals surface area contributed by atoms with Gasteiger partial charge < -0.3 is 19.4 Å². The highest BCUT2D eigenvalue weighted by Gasteiger charge is 2.39. The number of amides is 3. The molecule has 0 radical (unpaired) electrons. The molecule has 0 aromatic carbocycles. The van der Waals surface area contributed by atoms with Gasteiger partial charge >= 0.3 is 0 Å². The first-order valence-electron chi connectivity index (χ1n) is 15.2. The number of likely N-dealkylation sites (tertiary alicyclic amines) is 2. The van der Waals surface area contributed by atoms with E-state index in [1.165, 1.54) is 38.5 Å². The fourth-order valence-electron chi connectivity index (χ4n) is 7.63. The molecule has 2 heterocycles. The first-order valence-corrected chi connectivity index (χ1v) is 15.2. The Kier molecular flexibility index (Phi) is 9.93. The summed E-state index contributed by atoms with van der Waals surface area (Å²) in [6.45, 7) is 9.29. The normalized spacial score (nSPS) is 33.0. The fourth-order valence-corrected chi connectivity index (χ4v) is 7.63. The van der Waals surface area contributed by atoms with Gasteiger partial charge in [-0.1, -0.05) is 39.5 Å². The van der Waals surface area contributed by atoms with Crippen LogP contribution in [0.1, 0.15) is 91.4 Å². The van der Waals surface area contributed by atoms with E-state index in [0.29, 0.717) is 30.3 Å². The van der Waals surface area contributed by atoms with Crippen LogP contribution in [0.2, 0.25) is 0 Å². The fraction of sp³-hybridized carbons (Fsp3) is 0.900. The number of hydrogen-bond donors (Lipinski definition) is 0. The van der Waals surface area contributed by atoms with Gasteiger partial charge in [0.25, 0.3) is 0 Å². The van der Waals surface area contributed by atoms with Crippen LogP contribution in [0.4, 0.5) is 0 Å². The summed E-state index contributed by atoms with van der Waals surface area (Å²) in [4.78, 5) is 43.7. The smallest absolute Gasteiger partial charge is 0.227 e. The van der Waals surface area contributed by atoms with Gasteiger partial charge in [0.1, 0.15) is 0 Å². The summed E-state index contributed by atoms with van der Waals surface area (Å²) in [7, 11) is 2.01. The van der Waals surface area contributed by atoms with Crippen LogP contribution in [-0.2, 0) is 19.1 Å². The number of hydrogen-bond acceptors (Lipinski definition) is 4. The summed E-state index contributed by atoms with van der Waals surface area (Å²) in [6, 6.07) is 0.310. The maximum atomic E-state index is 13.5. The van der Waals surface area contributed by atoms with Gasteiger partial charge in [-0.3, -0.25) is 14.4 Å². The molecule has 4 fully saturated rings. The van der Waals surface area contributed by atoms with Crippen LogP contribution in [0.3, 0.4) is 0 Å². The molecular formula is C30H51N3O4. The van der Waals surface area contributed by atoms with Gasteiger partial charge in [-0.15, -0.1) is 0 Å². The Labute approximate surface area is 224 Å². The van der Waals surface area contributed by atoms with E-state index < -0.39 is 0 Å². The van der Waals surface area contributed by atoms with Crippen LogP contribution in [0, 0.1) is 29.6 Å². The van der Waals surface area contributed by atoms with Crippen LogP contribution in [-0.4, -0.2) is 84.4 Å². The zero-order valence-electron chi connectivity index (χ0n) is 23.8. The van der Waals surface area contributed by atoms with Crippen molar-refractivity contribution in [1.29, 1.82) is 0 Å². The van der Waals surface area contributed by atoms with Crippen molar-refractivity contribution in [3.63, 3.8) is 0 Å². The number of carbonyl (C=O) groups is 3. The first-order chi connectivity index (χ1) is 17.7. The molecule has 7 heteroatoms. The van der Waals surface area contributed by atoms with Gasteiger partial charge in [-0.05, 0) is 62.7 Å². The summed E-state index contributed by atoms with van der Waals surface area (Å²) in [5.41, 5.74) is 0. The molecule has 0 bridgehead atoms. The summed E-state index contributed by atoms with van der Waals surface area (Å²) in [6.07, 6.45) is 12.7. The SMILES string of the molecule is CC(=O)N1CCC(OCC2CCCCC2C2CCCC(N(C)C(=O)C3CCCN(C(=O)C(C)C)C3)C2)C1. The zero-order chi connectivity index (χ0) is 26.5. The molecule has 2 aliphatic heterocycles. The molecule has 6 unspecified atom stereocenters. The second-order valence-electron chi connectivity index (χ2n) is 12.7. The van der Waals surface area contributed by atoms with E-state index in [1.54, 1.807) is 6.92 Å².